The highest BCUT2D eigenvalue weighted by Crippen LogP contribution is 2.45. The van der Waals surface area contributed by atoms with Gasteiger partial charge in [0.1, 0.15) is 10.6 Å². The first-order valence-corrected chi connectivity index (χ1v) is 13.4. The number of carbonyl (C=O) groups is 3. The molecule has 1 atom stereocenters. The summed E-state index contributed by atoms with van der Waals surface area (Å²) in [4.78, 5) is 45.0. The molecule has 1 fully saturated rings. The molecule has 0 radical (unpaired) electrons. The van der Waals surface area contributed by atoms with Crippen LogP contribution in [0.1, 0.15) is 52.8 Å². The Kier molecular flexibility index (Phi) is 8.57. The van der Waals surface area contributed by atoms with Crippen LogP contribution >= 0.6 is 22.9 Å². The summed E-state index contributed by atoms with van der Waals surface area (Å²) in [6.07, 6.45) is 0.792. The van der Waals surface area contributed by atoms with E-state index in [2.05, 4.69) is 4.98 Å². The van der Waals surface area contributed by atoms with E-state index in [9.17, 15) is 19.5 Å². The maximum absolute atomic E-state index is 13.5. The van der Waals surface area contributed by atoms with Crippen LogP contribution in [0.2, 0.25) is 5.02 Å². The van der Waals surface area contributed by atoms with Crippen LogP contribution in [0.15, 0.2) is 48.0 Å². The van der Waals surface area contributed by atoms with Crippen LogP contribution < -0.4 is 14.4 Å². The summed E-state index contributed by atoms with van der Waals surface area (Å²) in [5, 5.41) is 11.9. The van der Waals surface area contributed by atoms with Gasteiger partial charge in [-0.3, -0.25) is 14.5 Å². The van der Waals surface area contributed by atoms with Crippen molar-refractivity contribution in [3.8, 4) is 11.5 Å². The number of amides is 1. The number of anilines is 1. The second kappa shape index (κ2) is 11.9. The molecular formula is C28H27ClN2O7S. The van der Waals surface area contributed by atoms with Crippen molar-refractivity contribution in [1.29, 1.82) is 0 Å². The smallest absolute Gasteiger partial charge is 0.350 e. The van der Waals surface area contributed by atoms with Gasteiger partial charge in [0.15, 0.2) is 16.6 Å². The van der Waals surface area contributed by atoms with E-state index >= 15 is 0 Å². The first-order valence-electron chi connectivity index (χ1n) is 12.2. The molecule has 9 nitrogen and oxygen atoms in total. The van der Waals surface area contributed by atoms with Crippen molar-refractivity contribution >= 4 is 51.5 Å². The third kappa shape index (κ3) is 5.48. The van der Waals surface area contributed by atoms with Crippen molar-refractivity contribution in [2.24, 2.45) is 0 Å². The molecular weight excluding hydrogens is 544 g/mol. The summed E-state index contributed by atoms with van der Waals surface area (Å²) in [6.45, 7) is 6.25. The second-order valence-electron chi connectivity index (χ2n) is 8.57. The molecule has 1 aromatic heterocycles. The fraction of sp³-hybridized carbons (Fsp3) is 0.286. The fourth-order valence-corrected chi connectivity index (χ4v) is 5.31. The van der Waals surface area contributed by atoms with Crippen molar-refractivity contribution in [2.45, 2.75) is 33.2 Å². The van der Waals surface area contributed by atoms with E-state index in [0.717, 1.165) is 17.8 Å². The van der Waals surface area contributed by atoms with E-state index in [4.69, 9.17) is 25.8 Å². The lowest BCUT2D eigenvalue weighted by Gasteiger charge is -2.24. The third-order valence-electron chi connectivity index (χ3n) is 5.97. The Labute approximate surface area is 234 Å². The molecule has 0 spiro atoms. The highest BCUT2D eigenvalue weighted by atomic mass is 35.5. The van der Waals surface area contributed by atoms with Crippen LogP contribution in [0.25, 0.3) is 5.76 Å². The summed E-state index contributed by atoms with van der Waals surface area (Å²) < 4.78 is 16.5. The Hall–Kier alpha value is -3.89. The van der Waals surface area contributed by atoms with Crippen LogP contribution in [0.5, 0.6) is 11.5 Å². The Bertz CT molecular complexity index is 1450. The van der Waals surface area contributed by atoms with Gasteiger partial charge >= 0.3 is 11.9 Å². The summed E-state index contributed by atoms with van der Waals surface area (Å²) in [5.74, 6) is -1.85. The lowest BCUT2D eigenvalue weighted by Crippen LogP contribution is -2.29. The molecule has 0 bridgehead atoms. The Balaban J connectivity index is 1.94. The van der Waals surface area contributed by atoms with Crippen molar-refractivity contribution in [3.63, 3.8) is 0 Å². The number of methoxy groups -OCH3 is 1. The topological polar surface area (TPSA) is 115 Å². The zero-order chi connectivity index (χ0) is 28.3. The lowest BCUT2D eigenvalue weighted by atomic mass is 9.95. The minimum absolute atomic E-state index is 0.111. The van der Waals surface area contributed by atoms with Crippen LogP contribution in [-0.2, 0) is 14.3 Å². The number of nitrogens with zero attached hydrogens (tertiary/aromatic N) is 2. The number of hydrogen-bond acceptors (Lipinski definition) is 9. The van der Waals surface area contributed by atoms with Crippen LogP contribution in [-0.4, -0.2) is 48.1 Å². The van der Waals surface area contributed by atoms with Gasteiger partial charge in [-0.15, -0.1) is 0 Å². The number of carbonyl (C=O) groups excluding carboxylic acids is 3. The number of benzene rings is 2. The zero-order valence-corrected chi connectivity index (χ0v) is 23.4. The average Bonchev–Trinajstić information content (AvgIpc) is 3.44. The molecule has 11 heteroatoms. The number of aromatic nitrogens is 1. The molecule has 1 unspecified atom stereocenters. The number of aliphatic hydroxyl groups is 1. The predicted octanol–water partition coefficient (Wildman–Crippen LogP) is 5.71. The van der Waals surface area contributed by atoms with Crippen molar-refractivity contribution in [2.75, 3.05) is 25.2 Å². The molecule has 0 saturated carbocycles. The lowest BCUT2D eigenvalue weighted by molar-refractivity contribution is -0.132. The van der Waals surface area contributed by atoms with E-state index in [1.807, 2.05) is 13.8 Å². The number of ketones is 1. The summed E-state index contributed by atoms with van der Waals surface area (Å²) in [5.41, 5.74) is 0.989. The van der Waals surface area contributed by atoms with Crippen LogP contribution in [0.4, 0.5) is 5.13 Å². The van der Waals surface area contributed by atoms with Gasteiger partial charge in [-0.2, -0.15) is 0 Å². The molecule has 1 amide bonds. The predicted molar refractivity (Wildman–Crippen MR) is 148 cm³/mol. The number of aryl methyl sites for hydroxylation is 1. The van der Waals surface area contributed by atoms with Gasteiger partial charge in [-0.05, 0) is 62.2 Å². The first-order chi connectivity index (χ1) is 18.7. The van der Waals surface area contributed by atoms with Gasteiger partial charge < -0.3 is 19.3 Å². The molecule has 1 N–H and O–H groups in total. The maximum atomic E-state index is 13.5. The van der Waals surface area contributed by atoms with Crippen molar-refractivity contribution < 1.29 is 33.7 Å². The zero-order valence-electron chi connectivity index (χ0n) is 21.8. The summed E-state index contributed by atoms with van der Waals surface area (Å²) in [7, 11) is 1.25. The number of ether oxygens (including phenoxy) is 3. The summed E-state index contributed by atoms with van der Waals surface area (Å²) >= 11 is 6.93. The molecule has 1 aliphatic rings. The molecule has 39 heavy (non-hydrogen) atoms. The monoisotopic (exact) mass is 570 g/mol. The highest BCUT2D eigenvalue weighted by Gasteiger charge is 2.48. The Morgan fingerprint density at radius 2 is 1.82 bits per heavy atom. The number of rotatable bonds is 9. The number of halogens is 1. The number of aliphatic hydroxyl groups excluding tert-OH is 1. The number of thiazole rings is 1. The van der Waals surface area contributed by atoms with Gasteiger partial charge in [0, 0.05) is 10.6 Å². The van der Waals surface area contributed by atoms with E-state index in [0.29, 0.717) is 46.6 Å². The molecule has 2 heterocycles. The fourth-order valence-electron chi connectivity index (χ4n) is 4.17. The molecule has 1 saturated heterocycles. The van der Waals surface area contributed by atoms with Crippen LogP contribution in [0, 0.1) is 6.92 Å². The first kappa shape index (κ1) is 28.1. The number of Topliss-reactive ketones (excluding diaryl/α,β-unsaturated/α-hetero) is 1. The van der Waals surface area contributed by atoms with Gasteiger partial charge in [0.2, 0.25) is 0 Å². The second-order valence-corrected chi connectivity index (χ2v) is 9.98. The van der Waals surface area contributed by atoms with E-state index in [1.54, 1.807) is 49.4 Å². The molecule has 1 aliphatic heterocycles. The molecule has 4 rings (SSSR count). The normalized spacial score (nSPS) is 16.4. The van der Waals surface area contributed by atoms with E-state index in [1.165, 1.54) is 12.0 Å². The highest BCUT2D eigenvalue weighted by molar-refractivity contribution is 7.17. The minimum Gasteiger partial charge on any atom is -0.507 e. The van der Waals surface area contributed by atoms with Crippen molar-refractivity contribution in [1.82, 2.24) is 4.98 Å². The third-order valence-corrected chi connectivity index (χ3v) is 7.36. The number of esters is 1. The SMILES string of the molecule is CCCOc1ccc(C2/C(=C(\O)c3ccc(Cl)cc3)C(=O)C(=O)N2c2nc(C)c(C(=O)OC)s2)cc1OCC. The standard InChI is InChI=1S/C28H27ClN2O7S/c1-5-13-38-19-12-9-17(14-20(19)37-6-2)22-21(23(32)16-7-10-18(29)11-8-16)24(33)26(34)31(22)28-30-15(3)25(39-28)27(35)36-4/h7-12,14,22,32H,5-6,13H2,1-4H3/b23-21+. The largest absolute Gasteiger partial charge is 0.507 e. The quantitative estimate of drug-likeness (QED) is 0.151. The maximum Gasteiger partial charge on any atom is 0.350 e. The molecule has 2 aromatic carbocycles. The van der Waals surface area contributed by atoms with Gasteiger partial charge in [-0.25, -0.2) is 9.78 Å². The molecule has 0 aliphatic carbocycles. The Morgan fingerprint density at radius 3 is 2.46 bits per heavy atom. The van der Waals surface area contributed by atoms with Gasteiger partial charge in [0.25, 0.3) is 5.78 Å². The van der Waals surface area contributed by atoms with Gasteiger partial charge in [-0.1, -0.05) is 35.9 Å². The minimum atomic E-state index is -1.07. The van der Waals surface area contributed by atoms with E-state index in [-0.39, 0.29) is 21.3 Å². The molecule has 3 aromatic rings. The van der Waals surface area contributed by atoms with Crippen molar-refractivity contribution in [3.05, 3.63) is 74.8 Å². The number of hydrogen-bond donors (Lipinski definition) is 1. The molecule has 204 valence electrons. The summed E-state index contributed by atoms with van der Waals surface area (Å²) in [6, 6.07) is 10.3. The van der Waals surface area contributed by atoms with Gasteiger partial charge in [0.05, 0.1) is 37.6 Å². The van der Waals surface area contributed by atoms with E-state index < -0.39 is 23.7 Å². The Morgan fingerprint density at radius 1 is 1.10 bits per heavy atom. The average molecular weight is 571 g/mol. The van der Waals surface area contributed by atoms with Crippen LogP contribution in [0.3, 0.4) is 0 Å².